The number of aromatic nitrogens is 3. The molecule has 5 rings (SSSR count). The third-order valence-corrected chi connectivity index (χ3v) is 6.17. The number of carbonyl (C=O) groups is 1. The smallest absolute Gasteiger partial charge is 0.272 e. The van der Waals surface area contributed by atoms with Crippen LogP contribution in [-0.4, -0.2) is 46.7 Å². The monoisotopic (exact) mass is 431 g/mol. The topological polar surface area (TPSA) is 72.3 Å². The van der Waals surface area contributed by atoms with E-state index in [0.717, 1.165) is 48.8 Å². The van der Waals surface area contributed by atoms with Gasteiger partial charge in [0.25, 0.3) is 5.91 Å². The first kappa shape index (κ1) is 20.7. The van der Waals surface area contributed by atoms with Crippen molar-refractivity contribution in [2.75, 3.05) is 36.5 Å². The first-order valence-electron chi connectivity index (χ1n) is 11.4. The Morgan fingerprint density at radius 3 is 2.47 bits per heavy atom. The number of morpholine rings is 1. The molecule has 1 N–H and O–H groups in total. The third-order valence-electron chi connectivity index (χ3n) is 6.17. The molecular formula is C25H29N5O2. The molecule has 2 aliphatic rings. The summed E-state index contributed by atoms with van der Waals surface area (Å²) in [5, 5.41) is 3.05. The fourth-order valence-electron chi connectivity index (χ4n) is 4.00. The molecule has 1 amide bonds. The average Bonchev–Trinajstić information content (AvgIpc) is 3.56. The van der Waals surface area contributed by atoms with Gasteiger partial charge in [-0.3, -0.25) is 4.79 Å². The van der Waals surface area contributed by atoms with E-state index in [0.29, 0.717) is 24.8 Å². The summed E-state index contributed by atoms with van der Waals surface area (Å²) in [4.78, 5) is 24.4. The van der Waals surface area contributed by atoms with Crippen LogP contribution in [0.4, 0.5) is 11.6 Å². The molecule has 7 nitrogen and oxygen atoms in total. The van der Waals surface area contributed by atoms with Crippen molar-refractivity contribution in [3.63, 3.8) is 0 Å². The normalized spacial score (nSPS) is 16.2. The number of carbonyl (C=O) groups excluding carboxylic acids is 1. The summed E-state index contributed by atoms with van der Waals surface area (Å²) in [7, 11) is 0. The summed E-state index contributed by atoms with van der Waals surface area (Å²) in [6, 6.07) is 9.98. The number of hydrogen-bond donors (Lipinski definition) is 1. The zero-order valence-electron chi connectivity index (χ0n) is 18.5. The van der Waals surface area contributed by atoms with Gasteiger partial charge in [0.2, 0.25) is 5.95 Å². The van der Waals surface area contributed by atoms with Crippen LogP contribution in [0.15, 0.2) is 48.9 Å². The Morgan fingerprint density at radius 1 is 1.09 bits per heavy atom. The Labute approximate surface area is 188 Å². The van der Waals surface area contributed by atoms with E-state index in [9.17, 15) is 4.79 Å². The molecule has 166 valence electrons. The highest BCUT2D eigenvalue weighted by Crippen LogP contribution is 2.33. The van der Waals surface area contributed by atoms with E-state index in [1.807, 2.05) is 30.6 Å². The van der Waals surface area contributed by atoms with Crippen molar-refractivity contribution in [1.82, 2.24) is 14.5 Å². The molecule has 7 heteroatoms. The highest BCUT2D eigenvalue weighted by Gasteiger charge is 2.25. The number of rotatable bonds is 7. The lowest BCUT2D eigenvalue weighted by molar-refractivity contribution is 0.101. The second kappa shape index (κ2) is 9.12. The van der Waals surface area contributed by atoms with Crippen LogP contribution >= 0.6 is 0 Å². The maximum absolute atomic E-state index is 13.1. The summed E-state index contributed by atoms with van der Waals surface area (Å²) >= 11 is 0. The Morgan fingerprint density at radius 2 is 1.81 bits per heavy atom. The molecule has 1 aromatic carbocycles. The lowest BCUT2D eigenvalue weighted by atomic mass is 10.1. The molecule has 1 aliphatic heterocycles. The van der Waals surface area contributed by atoms with Crippen molar-refractivity contribution >= 4 is 17.5 Å². The SMILES string of the molecule is CCc1ccc(NC(=O)c2cc(-c3cnc(N4CCOCC4)nc3)cn2CC2CC2)cc1. The van der Waals surface area contributed by atoms with Crippen LogP contribution in [0.25, 0.3) is 11.1 Å². The summed E-state index contributed by atoms with van der Waals surface area (Å²) < 4.78 is 7.49. The van der Waals surface area contributed by atoms with Crippen LogP contribution in [0.3, 0.4) is 0 Å². The molecule has 32 heavy (non-hydrogen) atoms. The van der Waals surface area contributed by atoms with Crippen LogP contribution < -0.4 is 10.2 Å². The second-order valence-corrected chi connectivity index (χ2v) is 8.59. The van der Waals surface area contributed by atoms with E-state index >= 15 is 0 Å². The molecule has 1 aliphatic carbocycles. The summed E-state index contributed by atoms with van der Waals surface area (Å²) in [5.41, 5.74) is 4.61. The van der Waals surface area contributed by atoms with Gasteiger partial charge in [-0.15, -0.1) is 0 Å². The van der Waals surface area contributed by atoms with E-state index in [4.69, 9.17) is 4.74 Å². The lowest BCUT2D eigenvalue weighted by Gasteiger charge is -2.26. The number of amides is 1. The largest absolute Gasteiger partial charge is 0.378 e. The Bertz CT molecular complexity index is 1060. The molecule has 0 atom stereocenters. The molecule has 1 saturated carbocycles. The average molecular weight is 432 g/mol. The molecule has 0 radical (unpaired) electrons. The predicted octanol–water partition coefficient (Wildman–Crippen LogP) is 4.01. The van der Waals surface area contributed by atoms with Gasteiger partial charge < -0.3 is 19.5 Å². The summed E-state index contributed by atoms with van der Waals surface area (Å²) in [5.74, 6) is 1.29. The molecule has 0 spiro atoms. The van der Waals surface area contributed by atoms with Crippen molar-refractivity contribution in [1.29, 1.82) is 0 Å². The molecule has 3 heterocycles. The van der Waals surface area contributed by atoms with Gasteiger partial charge in [-0.1, -0.05) is 19.1 Å². The number of nitrogens with zero attached hydrogens (tertiary/aromatic N) is 4. The van der Waals surface area contributed by atoms with Gasteiger partial charge in [0.15, 0.2) is 0 Å². The minimum absolute atomic E-state index is 0.0907. The number of nitrogens with one attached hydrogen (secondary N) is 1. The molecule has 1 saturated heterocycles. The molecule has 0 bridgehead atoms. The number of ether oxygens (including phenoxy) is 1. The number of anilines is 2. The Balaban J connectivity index is 1.36. The zero-order valence-corrected chi connectivity index (χ0v) is 18.5. The van der Waals surface area contributed by atoms with Gasteiger partial charge in [-0.25, -0.2) is 9.97 Å². The predicted molar refractivity (Wildman–Crippen MR) is 125 cm³/mol. The van der Waals surface area contributed by atoms with E-state index in [1.165, 1.54) is 18.4 Å². The minimum Gasteiger partial charge on any atom is -0.378 e. The lowest BCUT2D eigenvalue weighted by Crippen LogP contribution is -2.37. The maximum Gasteiger partial charge on any atom is 0.272 e. The molecule has 2 aromatic heterocycles. The van der Waals surface area contributed by atoms with Crippen molar-refractivity contribution in [3.05, 3.63) is 60.2 Å². The quantitative estimate of drug-likeness (QED) is 0.612. The van der Waals surface area contributed by atoms with Crippen LogP contribution in [0.1, 0.15) is 35.8 Å². The fourth-order valence-corrected chi connectivity index (χ4v) is 4.00. The van der Waals surface area contributed by atoms with Crippen molar-refractivity contribution < 1.29 is 9.53 Å². The summed E-state index contributed by atoms with van der Waals surface area (Å²) in [6.45, 7) is 6.01. The summed E-state index contributed by atoms with van der Waals surface area (Å²) in [6.07, 6.45) is 9.18. The van der Waals surface area contributed by atoms with Gasteiger partial charge in [0, 0.05) is 55.0 Å². The van der Waals surface area contributed by atoms with Gasteiger partial charge in [-0.2, -0.15) is 0 Å². The number of benzene rings is 1. The van der Waals surface area contributed by atoms with E-state index in [-0.39, 0.29) is 5.91 Å². The molecular weight excluding hydrogens is 402 g/mol. The zero-order chi connectivity index (χ0) is 21.9. The minimum atomic E-state index is -0.0907. The Kier molecular flexibility index (Phi) is 5.90. The van der Waals surface area contributed by atoms with Crippen molar-refractivity contribution in [2.45, 2.75) is 32.7 Å². The molecule has 2 fully saturated rings. The van der Waals surface area contributed by atoms with Crippen LogP contribution in [0, 0.1) is 5.92 Å². The van der Waals surface area contributed by atoms with Crippen LogP contribution in [0.2, 0.25) is 0 Å². The fraction of sp³-hybridized carbons (Fsp3) is 0.400. The van der Waals surface area contributed by atoms with E-state index < -0.39 is 0 Å². The van der Waals surface area contributed by atoms with E-state index in [2.05, 4.69) is 50.0 Å². The maximum atomic E-state index is 13.1. The molecule has 3 aromatic rings. The van der Waals surface area contributed by atoms with Gasteiger partial charge in [0.05, 0.1) is 13.2 Å². The van der Waals surface area contributed by atoms with E-state index in [1.54, 1.807) is 0 Å². The Hall–Kier alpha value is -3.19. The standard InChI is InChI=1S/C25H29N5O2/c1-2-18-5-7-22(8-6-18)28-24(31)23-13-20(17-30(23)16-19-3-4-19)21-14-26-25(27-15-21)29-9-11-32-12-10-29/h5-8,13-15,17,19H,2-4,9-12,16H2,1H3,(H,28,31). The highest BCUT2D eigenvalue weighted by atomic mass is 16.5. The number of aryl methyl sites for hydroxylation is 1. The van der Waals surface area contributed by atoms with Crippen LogP contribution in [-0.2, 0) is 17.7 Å². The van der Waals surface area contributed by atoms with Gasteiger partial charge in [0.1, 0.15) is 5.69 Å². The first-order chi connectivity index (χ1) is 15.7. The number of hydrogen-bond acceptors (Lipinski definition) is 5. The van der Waals surface area contributed by atoms with Crippen molar-refractivity contribution in [3.8, 4) is 11.1 Å². The second-order valence-electron chi connectivity index (χ2n) is 8.59. The van der Waals surface area contributed by atoms with Crippen molar-refractivity contribution in [2.24, 2.45) is 5.92 Å². The third kappa shape index (κ3) is 4.67. The van der Waals surface area contributed by atoms with Crippen LogP contribution in [0.5, 0.6) is 0 Å². The van der Waals surface area contributed by atoms with Gasteiger partial charge in [-0.05, 0) is 48.9 Å². The first-order valence-corrected chi connectivity index (χ1v) is 11.4. The molecule has 0 unspecified atom stereocenters. The highest BCUT2D eigenvalue weighted by molar-refractivity contribution is 6.04. The van der Waals surface area contributed by atoms with Gasteiger partial charge >= 0.3 is 0 Å².